The van der Waals surface area contributed by atoms with Crippen LogP contribution in [0.1, 0.15) is 65.5 Å². The van der Waals surface area contributed by atoms with Crippen molar-refractivity contribution in [1.29, 1.82) is 0 Å². The van der Waals surface area contributed by atoms with Gasteiger partial charge in [-0.25, -0.2) is 9.69 Å². The van der Waals surface area contributed by atoms with Gasteiger partial charge in [0.2, 0.25) is 5.91 Å². The van der Waals surface area contributed by atoms with Crippen LogP contribution in [-0.4, -0.2) is 41.8 Å². The Hall–Kier alpha value is -2.73. The molecule has 1 saturated heterocycles. The lowest BCUT2D eigenvalue weighted by Gasteiger charge is -2.40. The maximum Gasteiger partial charge on any atom is 0.418 e. The molecule has 210 valence electrons. The molecule has 2 aliphatic rings. The number of cyclic esters (lactones) is 1. The minimum atomic E-state index is -3.65. The zero-order valence-corrected chi connectivity index (χ0v) is 24.6. The van der Waals surface area contributed by atoms with Gasteiger partial charge in [0.25, 0.3) is 0 Å². The summed E-state index contributed by atoms with van der Waals surface area (Å²) in [5.41, 5.74) is 1.81. The normalized spacial score (nSPS) is 23.3. The minimum Gasteiger partial charge on any atom is -0.430 e. The summed E-state index contributed by atoms with van der Waals surface area (Å²) in [6.45, 7) is 11.9. The molecular formula is C31H40NO6P. The molecule has 2 aromatic rings. The SMILES string of the molecule is CCOP(=O)(OCC)[C@@H]1CC(C)=C(C)C[C@H]1C(=O)N1C(=O)OC(c2ccccc2)(c2ccccc2)C1C(C)C. The molecule has 2 amide bonds. The molecule has 0 radical (unpaired) electrons. The van der Waals surface area contributed by atoms with E-state index in [4.69, 9.17) is 13.8 Å². The Morgan fingerprint density at radius 2 is 1.44 bits per heavy atom. The molecule has 0 bridgehead atoms. The summed E-state index contributed by atoms with van der Waals surface area (Å²) in [7, 11) is -3.65. The van der Waals surface area contributed by atoms with Crippen molar-refractivity contribution in [2.24, 2.45) is 11.8 Å². The molecule has 0 aromatic heterocycles. The predicted molar refractivity (Wildman–Crippen MR) is 151 cm³/mol. The van der Waals surface area contributed by atoms with Crippen LogP contribution in [0.25, 0.3) is 0 Å². The molecule has 1 aliphatic heterocycles. The van der Waals surface area contributed by atoms with Crippen molar-refractivity contribution in [2.45, 2.75) is 71.7 Å². The van der Waals surface area contributed by atoms with Gasteiger partial charge in [-0.3, -0.25) is 9.36 Å². The zero-order chi connectivity index (χ0) is 28.4. The molecule has 7 nitrogen and oxygen atoms in total. The van der Waals surface area contributed by atoms with E-state index in [1.165, 1.54) is 4.90 Å². The quantitative estimate of drug-likeness (QED) is 0.239. The van der Waals surface area contributed by atoms with Crippen LogP contribution in [0, 0.1) is 11.8 Å². The molecule has 39 heavy (non-hydrogen) atoms. The van der Waals surface area contributed by atoms with Gasteiger partial charge in [-0.1, -0.05) is 85.7 Å². The van der Waals surface area contributed by atoms with E-state index >= 15 is 0 Å². The summed E-state index contributed by atoms with van der Waals surface area (Å²) in [5, 5.41) is 0. The van der Waals surface area contributed by atoms with Gasteiger partial charge in [-0.05, 0) is 46.5 Å². The Morgan fingerprint density at radius 3 is 1.90 bits per heavy atom. The van der Waals surface area contributed by atoms with Crippen LogP contribution in [0.3, 0.4) is 0 Å². The maximum absolute atomic E-state index is 14.6. The molecule has 2 aromatic carbocycles. The Balaban J connectivity index is 1.86. The first-order valence-corrected chi connectivity index (χ1v) is 15.4. The highest BCUT2D eigenvalue weighted by Gasteiger charge is 2.61. The third-order valence-electron chi connectivity index (χ3n) is 7.99. The standard InChI is InChI=1S/C31H40NO6P/c1-7-36-39(35,37-8-2)27-20-23(6)22(5)19-26(27)29(33)32-28(21(3)4)31(38-30(32)34,24-15-11-9-12-16-24)25-17-13-10-14-18-25/h9-18,21,26-28H,7-8,19-20H2,1-6H3/t26-,27-,28?/m1/s1. The molecule has 1 fully saturated rings. The number of ether oxygens (including phenoxy) is 1. The van der Waals surface area contributed by atoms with Crippen LogP contribution in [0.4, 0.5) is 4.79 Å². The third-order valence-corrected chi connectivity index (χ3v) is 10.6. The molecule has 1 heterocycles. The predicted octanol–water partition coefficient (Wildman–Crippen LogP) is 7.31. The lowest BCUT2D eigenvalue weighted by atomic mass is 9.75. The van der Waals surface area contributed by atoms with Crippen molar-refractivity contribution in [1.82, 2.24) is 4.90 Å². The van der Waals surface area contributed by atoms with Crippen LogP contribution in [0.5, 0.6) is 0 Å². The summed E-state index contributed by atoms with van der Waals surface area (Å²) in [6, 6.07) is 18.6. The third kappa shape index (κ3) is 5.25. The lowest BCUT2D eigenvalue weighted by Crippen LogP contribution is -2.53. The monoisotopic (exact) mass is 553 g/mol. The fraction of sp³-hybridized carbons (Fsp3) is 0.484. The van der Waals surface area contributed by atoms with E-state index in [1.54, 1.807) is 13.8 Å². The van der Waals surface area contributed by atoms with Crippen LogP contribution in [0.2, 0.25) is 0 Å². The maximum atomic E-state index is 14.6. The molecule has 8 heteroatoms. The second kappa shape index (κ2) is 11.8. The summed E-state index contributed by atoms with van der Waals surface area (Å²) >= 11 is 0. The molecule has 0 saturated carbocycles. The van der Waals surface area contributed by atoms with Crippen molar-refractivity contribution >= 4 is 19.6 Å². The summed E-state index contributed by atoms with van der Waals surface area (Å²) in [4.78, 5) is 29.7. The molecule has 1 aliphatic carbocycles. The highest BCUT2D eigenvalue weighted by Crippen LogP contribution is 2.60. The zero-order valence-electron chi connectivity index (χ0n) is 23.8. The van der Waals surface area contributed by atoms with Crippen molar-refractivity contribution in [3.63, 3.8) is 0 Å². The Bertz CT molecular complexity index is 1210. The number of carbonyl (C=O) groups excluding carboxylic acids is 2. The molecule has 0 N–H and O–H groups in total. The summed E-state index contributed by atoms with van der Waals surface area (Å²) < 4.78 is 31.9. The van der Waals surface area contributed by atoms with Crippen LogP contribution in [-0.2, 0) is 28.7 Å². The molecule has 3 atom stereocenters. The Kier molecular flexibility index (Phi) is 8.85. The fourth-order valence-electron chi connectivity index (χ4n) is 6.16. The second-order valence-electron chi connectivity index (χ2n) is 10.8. The first-order valence-electron chi connectivity index (χ1n) is 13.8. The van der Waals surface area contributed by atoms with E-state index in [0.29, 0.717) is 12.8 Å². The van der Waals surface area contributed by atoms with Crippen molar-refractivity contribution in [3.8, 4) is 0 Å². The van der Waals surface area contributed by atoms with E-state index in [-0.39, 0.29) is 19.1 Å². The van der Waals surface area contributed by atoms with Crippen LogP contribution < -0.4 is 0 Å². The van der Waals surface area contributed by atoms with Gasteiger partial charge in [-0.15, -0.1) is 0 Å². The van der Waals surface area contributed by atoms with Crippen LogP contribution >= 0.6 is 7.60 Å². The van der Waals surface area contributed by atoms with E-state index < -0.39 is 42.8 Å². The number of carbonyl (C=O) groups is 2. The minimum absolute atomic E-state index is 0.146. The second-order valence-corrected chi connectivity index (χ2v) is 13.0. The number of benzene rings is 2. The number of allylic oxidation sites excluding steroid dienone is 2. The number of amides is 2. The average Bonchev–Trinajstić information content (AvgIpc) is 3.25. The summed E-state index contributed by atoms with van der Waals surface area (Å²) in [6.07, 6.45) is 0.0754. The van der Waals surface area contributed by atoms with Gasteiger partial charge >= 0.3 is 13.7 Å². The Labute approximate surface area is 232 Å². The van der Waals surface area contributed by atoms with E-state index in [1.807, 2.05) is 88.4 Å². The Morgan fingerprint density at radius 1 is 0.949 bits per heavy atom. The van der Waals surface area contributed by atoms with E-state index in [9.17, 15) is 14.2 Å². The molecule has 1 unspecified atom stereocenters. The molecule has 4 rings (SSSR count). The topological polar surface area (TPSA) is 82.1 Å². The van der Waals surface area contributed by atoms with Gasteiger partial charge in [-0.2, -0.15) is 0 Å². The lowest BCUT2D eigenvalue weighted by molar-refractivity contribution is -0.135. The number of hydrogen-bond acceptors (Lipinski definition) is 6. The number of nitrogens with zero attached hydrogens (tertiary/aromatic N) is 1. The van der Waals surface area contributed by atoms with Crippen molar-refractivity contribution in [3.05, 3.63) is 82.9 Å². The van der Waals surface area contributed by atoms with Gasteiger partial charge in [0, 0.05) is 11.1 Å². The van der Waals surface area contributed by atoms with Gasteiger partial charge in [0.05, 0.1) is 30.8 Å². The van der Waals surface area contributed by atoms with E-state index in [2.05, 4.69) is 0 Å². The smallest absolute Gasteiger partial charge is 0.418 e. The highest BCUT2D eigenvalue weighted by molar-refractivity contribution is 7.54. The summed E-state index contributed by atoms with van der Waals surface area (Å²) in [5.74, 6) is -1.30. The molecule has 0 spiro atoms. The van der Waals surface area contributed by atoms with Gasteiger partial charge < -0.3 is 13.8 Å². The number of imide groups is 1. The molecular weight excluding hydrogens is 513 g/mol. The largest absolute Gasteiger partial charge is 0.430 e. The highest BCUT2D eigenvalue weighted by atomic mass is 31.2. The fourth-order valence-corrected chi connectivity index (χ4v) is 8.50. The van der Waals surface area contributed by atoms with Gasteiger partial charge in [0.1, 0.15) is 0 Å². The van der Waals surface area contributed by atoms with Gasteiger partial charge in [0.15, 0.2) is 5.60 Å². The van der Waals surface area contributed by atoms with E-state index in [0.717, 1.165) is 22.3 Å². The number of hydrogen-bond donors (Lipinski definition) is 0. The number of rotatable bonds is 9. The van der Waals surface area contributed by atoms with Crippen molar-refractivity contribution in [2.75, 3.05) is 13.2 Å². The first-order chi connectivity index (χ1) is 18.6. The van der Waals surface area contributed by atoms with Crippen LogP contribution in [0.15, 0.2) is 71.8 Å². The average molecular weight is 554 g/mol. The van der Waals surface area contributed by atoms with Crippen molar-refractivity contribution < 1.29 is 27.9 Å². The first kappa shape index (κ1) is 29.3.